The highest BCUT2D eigenvalue weighted by Crippen LogP contribution is 2.25. The van der Waals surface area contributed by atoms with Gasteiger partial charge in [0.05, 0.1) is 7.11 Å². The lowest BCUT2D eigenvalue weighted by molar-refractivity contribution is 0.373. The summed E-state index contributed by atoms with van der Waals surface area (Å²) in [5, 5.41) is 12.8. The number of aromatic hydroxyl groups is 1. The van der Waals surface area contributed by atoms with Crippen molar-refractivity contribution in [3.05, 3.63) is 23.8 Å². The number of rotatable bonds is 5. The van der Waals surface area contributed by atoms with Crippen LogP contribution in [0.3, 0.4) is 0 Å². The molecule has 0 unspecified atom stereocenters. The number of benzene rings is 1. The van der Waals surface area contributed by atoms with Crippen molar-refractivity contribution < 1.29 is 9.84 Å². The first-order valence-electron chi connectivity index (χ1n) is 4.84. The van der Waals surface area contributed by atoms with Crippen molar-refractivity contribution in [2.75, 3.05) is 13.7 Å². The summed E-state index contributed by atoms with van der Waals surface area (Å²) in [6.07, 6.45) is 1.11. The number of hydrogen-bond donors (Lipinski definition) is 2. The Morgan fingerprint density at radius 1 is 1.40 bits per heavy atom. The Labute approximate surface area is 96.9 Å². The van der Waals surface area contributed by atoms with Gasteiger partial charge in [-0.15, -0.1) is 12.4 Å². The molecule has 0 aromatic heterocycles. The predicted octanol–water partition coefficient (Wildman–Crippen LogP) is 2.32. The summed E-state index contributed by atoms with van der Waals surface area (Å²) in [6.45, 7) is 3.90. The number of ether oxygens (including phenoxy) is 1. The standard InChI is InChI=1S/C11H17NO2.ClH/c1-3-6-12-8-9-4-5-11(14-2)10(13)7-9;/h4-5,7,12-13H,3,6,8H2,1-2H3;1H. The van der Waals surface area contributed by atoms with Crippen LogP contribution in [0.15, 0.2) is 18.2 Å². The third kappa shape index (κ3) is 4.40. The monoisotopic (exact) mass is 231 g/mol. The number of halogens is 1. The maximum absolute atomic E-state index is 9.50. The van der Waals surface area contributed by atoms with Gasteiger partial charge in [0.1, 0.15) is 0 Å². The zero-order chi connectivity index (χ0) is 10.4. The van der Waals surface area contributed by atoms with Crippen LogP contribution in [-0.2, 0) is 6.54 Å². The second-order valence-electron chi connectivity index (χ2n) is 3.18. The van der Waals surface area contributed by atoms with E-state index >= 15 is 0 Å². The van der Waals surface area contributed by atoms with E-state index in [1.807, 2.05) is 6.07 Å². The highest BCUT2D eigenvalue weighted by Gasteiger charge is 2.01. The minimum absolute atomic E-state index is 0. The third-order valence-corrected chi connectivity index (χ3v) is 2.00. The Morgan fingerprint density at radius 3 is 2.67 bits per heavy atom. The predicted molar refractivity (Wildman–Crippen MR) is 63.9 cm³/mol. The Balaban J connectivity index is 0.00000196. The molecule has 0 atom stereocenters. The smallest absolute Gasteiger partial charge is 0.160 e. The molecule has 1 rings (SSSR count). The first kappa shape index (κ1) is 14.1. The highest BCUT2D eigenvalue weighted by atomic mass is 35.5. The maximum Gasteiger partial charge on any atom is 0.160 e. The molecule has 86 valence electrons. The topological polar surface area (TPSA) is 41.5 Å². The zero-order valence-corrected chi connectivity index (χ0v) is 9.93. The lowest BCUT2D eigenvalue weighted by Crippen LogP contribution is -2.13. The minimum atomic E-state index is 0. The number of nitrogens with one attached hydrogen (secondary N) is 1. The normalized spacial score (nSPS) is 9.47. The van der Waals surface area contributed by atoms with Crippen molar-refractivity contribution in [3.8, 4) is 11.5 Å². The van der Waals surface area contributed by atoms with E-state index in [0.29, 0.717) is 5.75 Å². The van der Waals surface area contributed by atoms with Crippen LogP contribution >= 0.6 is 12.4 Å². The summed E-state index contributed by atoms with van der Waals surface area (Å²) in [7, 11) is 1.55. The first-order valence-corrected chi connectivity index (χ1v) is 4.84. The molecule has 15 heavy (non-hydrogen) atoms. The molecular formula is C11H18ClNO2. The zero-order valence-electron chi connectivity index (χ0n) is 9.12. The van der Waals surface area contributed by atoms with E-state index in [4.69, 9.17) is 4.74 Å². The van der Waals surface area contributed by atoms with E-state index in [2.05, 4.69) is 12.2 Å². The van der Waals surface area contributed by atoms with Gasteiger partial charge in [0.2, 0.25) is 0 Å². The van der Waals surface area contributed by atoms with E-state index in [-0.39, 0.29) is 18.2 Å². The average Bonchev–Trinajstić information content (AvgIpc) is 2.18. The van der Waals surface area contributed by atoms with Crippen molar-refractivity contribution in [2.45, 2.75) is 19.9 Å². The van der Waals surface area contributed by atoms with E-state index in [1.54, 1.807) is 19.2 Å². The van der Waals surface area contributed by atoms with Gasteiger partial charge in [-0.25, -0.2) is 0 Å². The van der Waals surface area contributed by atoms with Crippen LogP contribution in [0.4, 0.5) is 0 Å². The molecule has 0 aliphatic rings. The first-order chi connectivity index (χ1) is 6.77. The number of phenols is 1. The van der Waals surface area contributed by atoms with Crippen molar-refractivity contribution >= 4 is 12.4 Å². The molecule has 4 heteroatoms. The molecule has 0 bridgehead atoms. The number of phenolic OH excluding ortho intramolecular Hbond substituents is 1. The van der Waals surface area contributed by atoms with Crippen LogP contribution < -0.4 is 10.1 Å². The molecule has 0 spiro atoms. The molecule has 0 radical (unpaired) electrons. The van der Waals surface area contributed by atoms with Crippen LogP contribution in [0, 0.1) is 0 Å². The highest BCUT2D eigenvalue weighted by molar-refractivity contribution is 5.85. The van der Waals surface area contributed by atoms with Gasteiger partial charge in [0.25, 0.3) is 0 Å². The summed E-state index contributed by atoms with van der Waals surface area (Å²) in [5.74, 6) is 0.715. The Kier molecular flexibility index (Phi) is 6.92. The Morgan fingerprint density at radius 2 is 2.13 bits per heavy atom. The molecule has 3 nitrogen and oxygen atoms in total. The van der Waals surface area contributed by atoms with Gasteiger partial charge in [-0.05, 0) is 30.7 Å². The lowest BCUT2D eigenvalue weighted by atomic mass is 10.2. The Hall–Kier alpha value is -0.930. The number of hydrogen-bond acceptors (Lipinski definition) is 3. The molecule has 0 amide bonds. The van der Waals surface area contributed by atoms with Gasteiger partial charge in [0.15, 0.2) is 11.5 Å². The van der Waals surface area contributed by atoms with E-state index in [9.17, 15) is 5.11 Å². The average molecular weight is 232 g/mol. The molecular weight excluding hydrogens is 214 g/mol. The summed E-state index contributed by atoms with van der Waals surface area (Å²) in [5.41, 5.74) is 1.07. The van der Waals surface area contributed by atoms with E-state index in [1.165, 1.54) is 0 Å². The molecule has 1 aromatic carbocycles. The molecule has 0 aliphatic carbocycles. The fourth-order valence-corrected chi connectivity index (χ4v) is 1.26. The molecule has 0 fully saturated rings. The molecule has 0 saturated carbocycles. The van der Waals surface area contributed by atoms with Crippen LogP contribution in [0.2, 0.25) is 0 Å². The Bertz CT molecular complexity index is 292. The number of methoxy groups -OCH3 is 1. The van der Waals surface area contributed by atoms with Crippen molar-refractivity contribution in [1.82, 2.24) is 5.32 Å². The summed E-state index contributed by atoms with van der Waals surface area (Å²) in [4.78, 5) is 0. The third-order valence-electron chi connectivity index (χ3n) is 2.00. The maximum atomic E-state index is 9.50. The second-order valence-corrected chi connectivity index (χ2v) is 3.18. The molecule has 1 aromatic rings. The fraction of sp³-hybridized carbons (Fsp3) is 0.455. The van der Waals surface area contributed by atoms with Gasteiger partial charge >= 0.3 is 0 Å². The van der Waals surface area contributed by atoms with Crippen molar-refractivity contribution in [3.63, 3.8) is 0 Å². The summed E-state index contributed by atoms with van der Waals surface area (Å²) >= 11 is 0. The van der Waals surface area contributed by atoms with Gasteiger partial charge in [-0.1, -0.05) is 13.0 Å². The largest absolute Gasteiger partial charge is 0.504 e. The van der Waals surface area contributed by atoms with Gasteiger partial charge in [-0.3, -0.25) is 0 Å². The second kappa shape index (κ2) is 7.37. The van der Waals surface area contributed by atoms with Crippen LogP contribution in [-0.4, -0.2) is 18.8 Å². The van der Waals surface area contributed by atoms with Gasteiger partial charge < -0.3 is 15.2 Å². The lowest BCUT2D eigenvalue weighted by Gasteiger charge is -2.06. The SMILES string of the molecule is CCCNCc1ccc(OC)c(O)c1.Cl. The molecule has 0 aliphatic heterocycles. The summed E-state index contributed by atoms with van der Waals surface area (Å²) in [6, 6.07) is 5.45. The van der Waals surface area contributed by atoms with Crippen LogP contribution in [0.25, 0.3) is 0 Å². The van der Waals surface area contributed by atoms with Crippen molar-refractivity contribution in [1.29, 1.82) is 0 Å². The fourth-order valence-electron chi connectivity index (χ4n) is 1.26. The molecule has 2 N–H and O–H groups in total. The van der Waals surface area contributed by atoms with Gasteiger partial charge in [0, 0.05) is 6.54 Å². The quantitative estimate of drug-likeness (QED) is 0.765. The summed E-state index contributed by atoms with van der Waals surface area (Å²) < 4.78 is 4.96. The minimum Gasteiger partial charge on any atom is -0.504 e. The van der Waals surface area contributed by atoms with E-state index < -0.39 is 0 Å². The molecule has 0 heterocycles. The molecule has 0 saturated heterocycles. The van der Waals surface area contributed by atoms with Gasteiger partial charge in [-0.2, -0.15) is 0 Å². The van der Waals surface area contributed by atoms with E-state index in [0.717, 1.165) is 25.1 Å². The van der Waals surface area contributed by atoms with Crippen LogP contribution in [0.1, 0.15) is 18.9 Å². The van der Waals surface area contributed by atoms with Crippen LogP contribution in [0.5, 0.6) is 11.5 Å². The van der Waals surface area contributed by atoms with Crippen molar-refractivity contribution in [2.24, 2.45) is 0 Å².